The van der Waals surface area contributed by atoms with Crippen molar-refractivity contribution in [1.29, 1.82) is 5.26 Å². The molecule has 1 aliphatic carbocycles. The topological polar surface area (TPSA) is 96.0 Å². The molecule has 0 spiro atoms. The molecule has 2 aromatic carbocycles. The first kappa shape index (κ1) is 19.8. The fraction of sp³-hybridized carbons (Fsp3) is 0.348. The van der Waals surface area contributed by atoms with E-state index in [1.54, 1.807) is 30.8 Å². The number of hydrogen-bond donors (Lipinski definition) is 2. The van der Waals surface area contributed by atoms with Crippen molar-refractivity contribution in [3.63, 3.8) is 0 Å². The van der Waals surface area contributed by atoms with Crippen LogP contribution in [0.2, 0.25) is 0 Å². The standard InChI is InChI=1S/C23H23N5O2S/c1-30-21-10-18-19(9-15(21)11-24)28(13-25-18)12-14-6-7-17-22(8-14)31-23(27-17)26-16-4-2-3-5-20(16)29/h6-10,13,16,20,29H,2-5,12H2,1H3,(H,26,27)/t16-,20-/m1/s1. The Morgan fingerprint density at radius 1 is 1.26 bits per heavy atom. The van der Waals surface area contributed by atoms with Crippen LogP contribution in [0.1, 0.15) is 36.8 Å². The molecule has 158 valence electrons. The van der Waals surface area contributed by atoms with E-state index >= 15 is 0 Å². The van der Waals surface area contributed by atoms with Crippen LogP contribution in [-0.2, 0) is 6.54 Å². The molecule has 0 radical (unpaired) electrons. The van der Waals surface area contributed by atoms with Crippen molar-refractivity contribution < 1.29 is 9.84 Å². The number of aliphatic hydroxyl groups excluding tert-OH is 1. The number of nitriles is 1. The number of ether oxygens (including phenoxy) is 1. The number of methoxy groups -OCH3 is 1. The normalized spacial score (nSPS) is 18.9. The Morgan fingerprint density at radius 2 is 2.13 bits per heavy atom. The molecule has 2 heterocycles. The van der Waals surface area contributed by atoms with E-state index in [2.05, 4.69) is 28.5 Å². The summed E-state index contributed by atoms with van der Waals surface area (Å²) in [6.45, 7) is 0.644. The van der Waals surface area contributed by atoms with Gasteiger partial charge in [0.2, 0.25) is 0 Å². The lowest BCUT2D eigenvalue weighted by atomic mass is 9.93. The average Bonchev–Trinajstić information content (AvgIpc) is 3.37. The maximum atomic E-state index is 10.2. The van der Waals surface area contributed by atoms with Gasteiger partial charge in [-0.25, -0.2) is 9.97 Å². The highest BCUT2D eigenvalue weighted by atomic mass is 32.1. The molecule has 2 atom stereocenters. The van der Waals surface area contributed by atoms with Crippen molar-refractivity contribution in [2.45, 2.75) is 44.4 Å². The maximum Gasteiger partial charge on any atom is 0.184 e. The van der Waals surface area contributed by atoms with Gasteiger partial charge in [-0.2, -0.15) is 5.26 Å². The van der Waals surface area contributed by atoms with E-state index in [1.807, 2.05) is 16.7 Å². The summed E-state index contributed by atoms with van der Waals surface area (Å²) in [4.78, 5) is 9.17. The number of aromatic nitrogens is 3. The van der Waals surface area contributed by atoms with Gasteiger partial charge in [0.05, 0.1) is 52.4 Å². The number of anilines is 1. The maximum absolute atomic E-state index is 10.2. The minimum atomic E-state index is -0.303. The van der Waals surface area contributed by atoms with Crippen LogP contribution in [0.4, 0.5) is 5.13 Å². The van der Waals surface area contributed by atoms with Crippen LogP contribution >= 0.6 is 11.3 Å². The summed E-state index contributed by atoms with van der Waals surface area (Å²) in [6, 6.07) is 12.1. The van der Waals surface area contributed by atoms with Gasteiger partial charge in [-0.15, -0.1) is 0 Å². The minimum Gasteiger partial charge on any atom is -0.495 e. The Labute approximate surface area is 183 Å². The molecule has 8 heteroatoms. The molecule has 1 aliphatic rings. The summed E-state index contributed by atoms with van der Waals surface area (Å²) < 4.78 is 8.43. The Morgan fingerprint density at radius 3 is 2.94 bits per heavy atom. The van der Waals surface area contributed by atoms with Crippen molar-refractivity contribution in [3.05, 3.63) is 47.8 Å². The molecule has 2 N–H and O–H groups in total. The SMILES string of the molecule is COc1cc2ncn(Cc3ccc4nc(N[C@@H]5CCCC[C@H]5O)sc4c3)c2cc1C#N. The molecular weight excluding hydrogens is 410 g/mol. The smallest absolute Gasteiger partial charge is 0.184 e. The summed E-state index contributed by atoms with van der Waals surface area (Å²) in [7, 11) is 1.56. The number of aliphatic hydroxyl groups is 1. The molecule has 7 nitrogen and oxygen atoms in total. The van der Waals surface area contributed by atoms with E-state index in [4.69, 9.17) is 9.72 Å². The molecular formula is C23H23N5O2S. The monoisotopic (exact) mass is 433 g/mol. The molecule has 5 rings (SSSR count). The van der Waals surface area contributed by atoms with Crippen LogP contribution in [0, 0.1) is 11.3 Å². The van der Waals surface area contributed by atoms with E-state index < -0.39 is 0 Å². The molecule has 4 aromatic rings. The predicted molar refractivity (Wildman–Crippen MR) is 122 cm³/mol. The lowest BCUT2D eigenvalue weighted by Crippen LogP contribution is -2.36. The summed E-state index contributed by atoms with van der Waals surface area (Å²) >= 11 is 1.62. The van der Waals surface area contributed by atoms with Crippen LogP contribution < -0.4 is 10.1 Å². The zero-order valence-electron chi connectivity index (χ0n) is 17.2. The molecule has 1 saturated carbocycles. The average molecular weight is 434 g/mol. The third kappa shape index (κ3) is 3.82. The van der Waals surface area contributed by atoms with Crippen LogP contribution in [0.5, 0.6) is 5.75 Å². The van der Waals surface area contributed by atoms with Gasteiger partial charge in [0.25, 0.3) is 0 Å². The van der Waals surface area contributed by atoms with Crippen LogP contribution in [-0.4, -0.2) is 38.9 Å². The van der Waals surface area contributed by atoms with Crippen molar-refractivity contribution in [1.82, 2.24) is 14.5 Å². The third-order valence-electron chi connectivity index (χ3n) is 5.91. The fourth-order valence-electron chi connectivity index (χ4n) is 4.23. The first-order chi connectivity index (χ1) is 15.1. The number of rotatable bonds is 5. The predicted octanol–water partition coefficient (Wildman–Crippen LogP) is 4.29. The van der Waals surface area contributed by atoms with Crippen LogP contribution in [0.25, 0.3) is 21.3 Å². The summed E-state index contributed by atoms with van der Waals surface area (Å²) in [5, 5.41) is 23.9. The quantitative estimate of drug-likeness (QED) is 0.487. The number of imidazole rings is 1. The lowest BCUT2D eigenvalue weighted by molar-refractivity contribution is 0.116. The highest BCUT2D eigenvalue weighted by molar-refractivity contribution is 7.22. The third-order valence-corrected chi connectivity index (χ3v) is 6.86. The van der Waals surface area contributed by atoms with Gasteiger partial charge < -0.3 is 19.7 Å². The minimum absolute atomic E-state index is 0.0809. The Hall–Kier alpha value is -3.15. The lowest BCUT2D eigenvalue weighted by Gasteiger charge is -2.27. The largest absolute Gasteiger partial charge is 0.495 e. The van der Waals surface area contributed by atoms with Gasteiger partial charge in [-0.1, -0.05) is 30.2 Å². The molecule has 1 fully saturated rings. The van der Waals surface area contributed by atoms with E-state index in [-0.39, 0.29) is 12.1 Å². The zero-order chi connectivity index (χ0) is 21.4. The first-order valence-electron chi connectivity index (χ1n) is 10.4. The van der Waals surface area contributed by atoms with Crippen molar-refractivity contribution >= 4 is 37.7 Å². The highest BCUT2D eigenvalue weighted by Gasteiger charge is 2.23. The molecule has 2 aromatic heterocycles. The Balaban J connectivity index is 1.40. The molecule has 31 heavy (non-hydrogen) atoms. The molecule has 0 amide bonds. The Kier molecular flexibility index (Phi) is 5.22. The highest BCUT2D eigenvalue weighted by Crippen LogP contribution is 2.31. The number of benzene rings is 2. The number of nitrogens with zero attached hydrogens (tertiary/aromatic N) is 4. The summed E-state index contributed by atoms with van der Waals surface area (Å²) in [6.07, 6.45) is 5.55. The first-order valence-corrected chi connectivity index (χ1v) is 11.2. The summed E-state index contributed by atoms with van der Waals surface area (Å²) in [5.74, 6) is 0.537. The van der Waals surface area contributed by atoms with Gasteiger partial charge in [0.1, 0.15) is 11.8 Å². The van der Waals surface area contributed by atoms with Crippen molar-refractivity contribution in [2.75, 3.05) is 12.4 Å². The van der Waals surface area contributed by atoms with Crippen molar-refractivity contribution in [3.8, 4) is 11.8 Å². The second-order valence-electron chi connectivity index (χ2n) is 7.95. The van der Waals surface area contributed by atoms with E-state index in [9.17, 15) is 10.4 Å². The molecule has 0 saturated heterocycles. The Bertz CT molecular complexity index is 1290. The van der Waals surface area contributed by atoms with Gasteiger partial charge in [-0.05, 0) is 36.6 Å². The number of nitrogens with one attached hydrogen (secondary N) is 1. The van der Waals surface area contributed by atoms with E-state index in [0.29, 0.717) is 17.9 Å². The van der Waals surface area contributed by atoms with Gasteiger partial charge in [0.15, 0.2) is 5.13 Å². The van der Waals surface area contributed by atoms with Crippen molar-refractivity contribution in [2.24, 2.45) is 0 Å². The van der Waals surface area contributed by atoms with Gasteiger partial charge in [-0.3, -0.25) is 0 Å². The zero-order valence-corrected chi connectivity index (χ0v) is 18.0. The second kappa shape index (κ2) is 8.17. The van der Waals surface area contributed by atoms with Crippen LogP contribution in [0.3, 0.4) is 0 Å². The number of thiazole rings is 1. The second-order valence-corrected chi connectivity index (χ2v) is 8.98. The van der Waals surface area contributed by atoms with E-state index in [1.165, 1.54) is 0 Å². The number of fused-ring (bicyclic) bond motifs is 2. The fourth-order valence-corrected chi connectivity index (χ4v) is 5.22. The molecule has 0 bridgehead atoms. The van der Waals surface area contributed by atoms with Gasteiger partial charge in [0, 0.05) is 12.6 Å². The summed E-state index contributed by atoms with van der Waals surface area (Å²) in [5.41, 5.74) is 4.28. The molecule has 0 aliphatic heterocycles. The number of hydrogen-bond acceptors (Lipinski definition) is 7. The van der Waals surface area contributed by atoms with Gasteiger partial charge >= 0.3 is 0 Å². The van der Waals surface area contributed by atoms with Crippen LogP contribution in [0.15, 0.2) is 36.7 Å². The van der Waals surface area contributed by atoms with E-state index in [0.717, 1.165) is 57.6 Å². The molecule has 0 unspecified atom stereocenters.